The van der Waals surface area contributed by atoms with Crippen molar-refractivity contribution in [2.24, 2.45) is 7.05 Å². The largest absolute Gasteiger partial charge is 0.329 e. The minimum atomic E-state index is -0.329. The molecule has 2 heterocycles. The van der Waals surface area contributed by atoms with Crippen LogP contribution < -0.4 is 5.32 Å². The molecule has 0 aliphatic rings. The zero-order valence-corrected chi connectivity index (χ0v) is 13.1. The van der Waals surface area contributed by atoms with E-state index in [4.69, 9.17) is 23.2 Å². The number of pyridine rings is 1. The third-order valence-corrected chi connectivity index (χ3v) is 4.14. The first-order valence-electron chi connectivity index (χ1n) is 5.73. The fourth-order valence-electron chi connectivity index (χ4n) is 1.40. The molecule has 106 valence electrons. The summed E-state index contributed by atoms with van der Waals surface area (Å²) in [6.07, 6.45) is 4.94. The van der Waals surface area contributed by atoms with Gasteiger partial charge in [0.2, 0.25) is 5.91 Å². The number of nitrogens with zero attached hydrogens (tertiary/aromatic N) is 3. The molecule has 0 radical (unpaired) electrons. The highest BCUT2D eigenvalue weighted by atomic mass is 35.5. The number of nitrogens with one attached hydrogen (secondary N) is 1. The number of hydrogen-bond donors (Lipinski definition) is 1. The Labute approximate surface area is 130 Å². The van der Waals surface area contributed by atoms with Crippen molar-refractivity contribution in [1.82, 2.24) is 14.5 Å². The van der Waals surface area contributed by atoms with Gasteiger partial charge in [-0.3, -0.25) is 4.79 Å². The molecule has 0 saturated carbocycles. The second-order valence-electron chi connectivity index (χ2n) is 4.05. The van der Waals surface area contributed by atoms with Crippen molar-refractivity contribution in [3.63, 3.8) is 0 Å². The maximum absolute atomic E-state index is 12.1. The molecular weight excluding hydrogens is 319 g/mol. The van der Waals surface area contributed by atoms with Crippen LogP contribution in [0.1, 0.15) is 6.92 Å². The minimum Gasteiger partial charge on any atom is -0.329 e. The third kappa shape index (κ3) is 3.65. The summed E-state index contributed by atoms with van der Waals surface area (Å²) in [4.78, 5) is 20.2. The van der Waals surface area contributed by atoms with Crippen molar-refractivity contribution in [2.75, 3.05) is 5.32 Å². The Balaban J connectivity index is 2.02. The number of halogens is 2. The number of thioether (sulfide) groups is 1. The molecule has 8 heteroatoms. The zero-order valence-electron chi connectivity index (χ0n) is 10.8. The van der Waals surface area contributed by atoms with Crippen molar-refractivity contribution < 1.29 is 4.79 Å². The van der Waals surface area contributed by atoms with Crippen LogP contribution in [0.3, 0.4) is 0 Å². The number of anilines is 1. The molecule has 0 saturated heterocycles. The molecule has 0 fully saturated rings. The number of aryl methyl sites for hydroxylation is 1. The van der Waals surface area contributed by atoms with Crippen molar-refractivity contribution in [1.29, 1.82) is 0 Å². The van der Waals surface area contributed by atoms with E-state index in [1.54, 1.807) is 13.1 Å². The molecule has 20 heavy (non-hydrogen) atoms. The standard InChI is InChI=1S/C12H12Cl2N4OS/c1-7(20-12-15-3-4-18(12)2)11(19)17-10-9(14)5-8(13)6-16-10/h3-7H,1-2H3,(H,16,17,19). The highest BCUT2D eigenvalue weighted by molar-refractivity contribution is 8.00. The number of carbonyl (C=O) groups is 1. The van der Waals surface area contributed by atoms with E-state index in [2.05, 4.69) is 15.3 Å². The number of imidazole rings is 1. The van der Waals surface area contributed by atoms with Crippen molar-refractivity contribution >= 4 is 46.7 Å². The van der Waals surface area contributed by atoms with Crippen LogP contribution in [0.2, 0.25) is 10.0 Å². The van der Waals surface area contributed by atoms with Crippen LogP contribution in [0.15, 0.2) is 29.8 Å². The molecule has 2 aromatic heterocycles. The van der Waals surface area contributed by atoms with E-state index in [9.17, 15) is 4.79 Å². The summed E-state index contributed by atoms with van der Waals surface area (Å²) in [6.45, 7) is 1.79. The van der Waals surface area contributed by atoms with Gasteiger partial charge in [0, 0.05) is 25.6 Å². The second-order valence-corrected chi connectivity index (χ2v) is 6.21. The molecule has 5 nitrogen and oxygen atoms in total. The Bertz CT molecular complexity index is 632. The first kappa shape index (κ1) is 15.2. The monoisotopic (exact) mass is 330 g/mol. The van der Waals surface area contributed by atoms with E-state index in [0.717, 1.165) is 5.16 Å². The summed E-state index contributed by atoms with van der Waals surface area (Å²) in [6, 6.07) is 1.53. The number of hydrogen-bond acceptors (Lipinski definition) is 4. The molecule has 0 aliphatic heterocycles. The van der Waals surface area contributed by atoms with E-state index in [-0.39, 0.29) is 11.2 Å². The summed E-state index contributed by atoms with van der Waals surface area (Å²) >= 11 is 13.1. The van der Waals surface area contributed by atoms with Gasteiger partial charge in [-0.2, -0.15) is 0 Å². The summed E-state index contributed by atoms with van der Waals surface area (Å²) in [5, 5.41) is 3.83. The van der Waals surface area contributed by atoms with E-state index < -0.39 is 0 Å². The highest BCUT2D eigenvalue weighted by Crippen LogP contribution is 2.25. The predicted molar refractivity (Wildman–Crippen MR) is 81.4 cm³/mol. The maximum Gasteiger partial charge on any atom is 0.238 e. The van der Waals surface area contributed by atoms with Gasteiger partial charge in [-0.15, -0.1) is 0 Å². The normalized spacial score (nSPS) is 12.2. The third-order valence-electron chi connectivity index (χ3n) is 2.48. The lowest BCUT2D eigenvalue weighted by Crippen LogP contribution is -2.23. The topological polar surface area (TPSA) is 59.8 Å². The number of carbonyl (C=O) groups excluding carboxylic acids is 1. The smallest absolute Gasteiger partial charge is 0.238 e. The van der Waals surface area contributed by atoms with Gasteiger partial charge in [0.1, 0.15) is 0 Å². The van der Waals surface area contributed by atoms with E-state index in [1.165, 1.54) is 24.0 Å². The van der Waals surface area contributed by atoms with E-state index in [1.807, 2.05) is 17.8 Å². The van der Waals surface area contributed by atoms with Crippen molar-refractivity contribution in [3.05, 3.63) is 34.7 Å². The lowest BCUT2D eigenvalue weighted by molar-refractivity contribution is -0.115. The maximum atomic E-state index is 12.1. The first-order valence-corrected chi connectivity index (χ1v) is 7.37. The molecule has 1 unspecified atom stereocenters. The SMILES string of the molecule is CC(Sc1nccn1C)C(=O)Nc1ncc(Cl)cc1Cl. The van der Waals surface area contributed by atoms with Crippen LogP contribution in [-0.2, 0) is 11.8 Å². The fraction of sp³-hybridized carbons (Fsp3) is 0.250. The summed E-state index contributed by atoms with van der Waals surface area (Å²) < 4.78 is 1.85. The fourth-order valence-corrected chi connectivity index (χ4v) is 2.66. The predicted octanol–water partition coefficient (Wildman–Crippen LogP) is 3.24. The molecule has 0 aliphatic carbocycles. The zero-order chi connectivity index (χ0) is 14.7. The summed E-state index contributed by atoms with van der Waals surface area (Å²) in [7, 11) is 1.87. The van der Waals surface area contributed by atoms with Gasteiger partial charge in [0.25, 0.3) is 0 Å². The van der Waals surface area contributed by atoms with Crippen LogP contribution in [-0.4, -0.2) is 25.7 Å². The molecule has 1 N–H and O–H groups in total. The van der Waals surface area contributed by atoms with Gasteiger partial charge in [0.05, 0.1) is 15.3 Å². The van der Waals surface area contributed by atoms with Crippen molar-refractivity contribution in [3.8, 4) is 0 Å². The summed E-state index contributed by atoms with van der Waals surface area (Å²) in [5.41, 5.74) is 0. The van der Waals surface area contributed by atoms with Crippen molar-refractivity contribution in [2.45, 2.75) is 17.3 Å². The molecule has 2 rings (SSSR count). The average molecular weight is 331 g/mol. The van der Waals surface area contributed by atoms with Crippen LogP contribution >= 0.6 is 35.0 Å². The number of rotatable bonds is 4. The van der Waals surface area contributed by atoms with Crippen LogP contribution in [0.25, 0.3) is 0 Å². The highest BCUT2D eigenvalue weighted by Gasteiger charge is 2.18. The van der Waals surface area contributed by atoms with Gasteiger partial charge in [-0.05, 0) is 13.0 Å². The van der Waals surface area contributed by atoms with Crippen LogP contribution in [0, 0.1) is 0 Å². The average Bonchev–Trinajstić information content (AvgIpc) is 2.78. The molecule has 2 aromatic rings. The minimum absolute atomic E-state index is 0.199. The Hall–Kier alpha value is -1.24. The van der Waals surface area contributed by atoms with Gasteiger partial charge in [-0.1, -0.05) is 35.0 Å². The van der Waals surface area contributed by atoms with E-state index >= 15 is 0 Å². The molecule has 0 bridgehead atoms. The van der Waals surface area contributed by atoms with Gasteiger partial charge < -0.3 is 9.88 Å². The lowest BCUT2D eigenvalue weighted by Gasteiger charge is -2.12. The lowest BCUT2D eigenvalue weighted by atomic mass is 10.4. The summed E-state index contributed by atoms with van der Waals surface area (Å²) in [5.74, 6) is 0.100. The molecule has 1 amide bonds. The molecule has 0 spiro atoms. The van der Waals surface area contributed by atoms with Gasteiger partial charge in [-0.25, -0.2) is 9.97 Å². The Kier molecular flexibility index (Phi) is 4.91. The Morgan fingerprint density at radius 2 is 2.20 bits per heavy atom. The van der Waals surface area contributed by atoms with Gasteiger partial charge in [0.15, 0.2) is 11.0 Å². The molecule has 1 atom stereocenters. The van der Waals surface area contributed by atoms with Crippen LogP contribution in [0.4, 0.5) is 5.82 Å². The quantitative estimate of drug-likeness (QED) is 0.874. The first-order chi connectivity index (χ1) is 9.47. The number of aromatic nitrogens is 3. The number of amides is 1. The second kappa shape index (κ2) is 6.47. The Morgan fingerprint density at radius 1 is 1.45 bits per heavy atom. The molecule has 0 aromatic carbocycles. The van der Waals surface area contributed by atoms with Gasteiger partial charge >= 0.3 is 0 Å². The molecular formula is C12H12Cl2N4OS. The van der Waals surface area contributed by atoms with E-state index in [0.29, 0.717) is 15.9 Å². The van der Waals surface area contributed by atoms with Crippen LogP contribution in [0.5, 0.6) is 0 Å². The Morgan fingerprint density at radius 3 is 2.80 bits per heavy atom.